The molecule has 1 N–H and O–H groups in total. The molecule has 0 unspecified atom stereocenters. The second-order valence-corrected chi connectivity index (χ2v) is 4.70. The van der Waals surface area contributed by atoms with Gasteiger partial charge in [-0.2, -0.15) is 0 Å². The quantitative estimate of drug-likeness (QED) is 0.618. The summed E-state index contributed by atoms with van der Waals surface area (Å²) in [5.41, 5.74) is 2.57. The normalized spacial score (nSPS) is 13.1. The van der Waals surface area contributed by atoms with Crippen molar-refractivity contribution in [3.8, 4) is 5.75 Å². The predicted octanol–water partition coefficient (Wildman–Crippen LogP) is 3.45. The molecule has 0 atom stereocenters. The van der Waals surface area contributed by atoms with Gasteiger partial charge in [0, 0.05) is 4.90 Å². The highest BCUT2D eigenvalue weighted by molar-refractivity contribution is 7.99. The van der Waals surface area contributed by atoms with Crippen molar-refractivity contribution < 1.29 is 5.11 Å². The molecule has 2 heteroatoms. The summed E-state index contributed by atoms with van der Waals surface area (Å²) in [5.74, 6) is 0.395. The largest absolute Gasteiger partial charge is 0.507 e. The van der Waals surface area contributed by atoms with E-state index in [0.717, 1.165) is 11.3 Å². The summed E-state index contributed by atoms with van der Waals surface area (Å²) in [7, 11) is 0. The fourth-order valence-electron chi connectivity index (χ4n) is 1.89. The molecule has 1 aliphatic heterocycles. The Bertz CT molecular complexity index is 520. The van der Waals surface area contributed by atoms with Crippen LogP contribution in [0.1, 0.15) is 11.1 Å². The van der Waals surface area contributed by atoms with E-state index in [0.29, 0.717) is 5.75 Å². The number of hydrogen-bond acceptors (Lipinski definition) is 2. The zero-order chi connectivity index (χ0) is 10.3. The molecule has 1 aliphatic rings. The van der Waals surface area contributed by atoms with Crippen LogP contribution < -0.4 is 0 Å². The summed E-state index contributed by atoms with van der Waals surface area (Å²) in [6.45, 7) is 0. The number of benzene rings is 2. The lowest BCUT2D eigenvalue weighted by atomic mass is 10.0. The first-order valence-corrected chi connectivity index (χ1v) is 5.73. The lowest BCUT2D eigenvalue weighted by molar-refractivity contribution is 0.461. The Morgan fingerprint density at radius 3 is 2.67 bits per heavy atom. The van der Waals surface area contributed by atoms with Gasteiger partial charge in [-0.25, -0.2) is 0 Å². The summed E-state index contributed by atoms with van der Waals surface area (Å²) in [5, 5.41) is 9.76. The molecule has 1 heterocycles. The van der Waals surface area contributed by atoms with Gasteiger partial charge in [-0.15, -0.1) is 0 Å². The number of phenolic OH excluding ortho intramolecular Hbond substituents is 1. The zero-order valence-corrected chi connectivity index (χ0v) is 8.92. The molecule has 15 heavy (non-hydrogen) atoms. The van der Waals surface area contributed by atoms with E-state index < -0.39 is 0 Å². The Morgan fingerprint density at radius 2 is 1.73 bits per heavy atom. The molecule has 0 aliphatic carbocycles. The Labute approximate surface area is 92.8 Å². The summed E-state index contributed by atoms with van der Waals surface area (Å²) in [6.07, 6.45) is 0.924. The minimum atomic E-state index is 0.395. The third-order valence-electron chi connectivity index (χ3n) is 2.64. The standard InChI is InChI=1S/C13H10OS/c14-11-6-3-5-10-8-9-4-1-2-7-12(9)15-13(10)11/h1-7,14H,8H2. The number of fused-ring (bicyclic) bond motifs is 2. The van der Waals surface area contributed by atoms with Crippen molar-refractivity contribution in [2.24, 2.45) is 0 Å². The van der Waals surface area contributed by atoms with Gasteiger partial charge in [-0.05, 0) is 29.7 Å². The van der Waals surface area contributed by atoms with E-state index in [1.54, 1.807) is 17.8 Å². The van der Waals surface area contributed by atoms with Crippen LogP contribution in [0, 0.1) is 0 Å². The van der Waals surface area contributed by atoms with Crippen LogP contribution in [0.25, 0.3) is 0 Å². The molecule has 0 saturated carbocycles. The highest BCUT2D eigenvalue weighted by atomic mass is 32.2. The zero-order valence-electron chi connectivity index (χ0n) is 8.10. The second kappa shape index (κ2) is 3.31. The van der Waals surface area contributed by atoms with Gasteiger partial charge >= 0.3 is 0 Å². The van der Waals surface area contributed by atoms with Crippen molar-refractivity contribution in [1.29, 1.82) is 0 Å². The maximum atomic E-state index is 9.76. The topological polar surface area (TPSA) is 20.2 Å². The van der Waals surface area contributed by atoms with E-state index >= 15 is 0 Å². The van der Waals surface area contributed by atoms with Crippen LogP contribution in [0.3, 0.4) is 0 Å². The molecule has 0 radical (unpaired) electrons. The molecule has 0 aromatic heterocycles. The molecule has 74 valence electrons. The lowest BCUT2D eigenvalue weighted by Crippen LogP contribution is -1.98. The van der Waals surface area contributed by atoms with E-state index in [9.17, 15) is 5.11 Å². The first-order chi connectivity index (χ1) is 7.34. The maximum Gasteiger partial charge on any atom is 0.129 e. The van der Waals surface area contributed by atoms with E-state index in [1.807, 2.05) is 12.1 Å². The van der Waals surface area contributed by atoms with Crippen molar-refractivity contribution in [2.75, 3.05) is 0 Å². The Morgan fingerprint density at radius 1 is 0.933 bits per heavy atom. The molecule has 2 aromatic rings. The first kappa shape index (κ1) is 8.86. The van der Waals surface area contributed by atoms with Gasteiger partial charge in [-0.1, -0.05) is 42.1 Å². The fourth-order valence-corrected chi connectivity index (χ4v) is 2.97. The molecule has 2 aromatic carbocycles. The first-order valence-electron chi connectivity index (χ1n) is 4.91. The van der Waals surface area contributed by atoms with E-state index in [4.69, 9.17) is 0 Å². The van der Waals surface area contributed by atoms with Crippen molar-refractivity contribution >= 4 is 11.8 Å². The van der Waals surface area contributed by atoms with Crippen LogP contribution >= 0.6 is 11.8 Å². The van der Waals surface area contributed by atoms with Crippen molar-refractivity contribution in [3.63, 3.8) is 0 Å². The van der Waals surface area contributed by atoms with Crippen molar-refractivity contribution in [1.82, 2.24) is 0 Å². The van der Waals surface area contributed by atoms with E-state index in [-0.39, 0.29) is 0 Å². The smallest absolute Gasteiger partial charge is 0.129 e. The maximum absolute atomic E-state index is 9.76. The number of hydrogen-bond donors (Lipinski definition) is 1. The minimum Gasteiger partial charge on any atom is -0.507 e. The molecule has 0 spiro atoms. The average Bonchev–Trinajstić information content (AvgIpc) is 2.27. The molecule has 0 bridgehead atoms. The third kappa shape index (κ3) is 1.41. The van der Waals surface area contributed by atoms with Crippen LogP contribution in [0.15, 0.2) is 52.3 Å². The number of phenols is 1. The Hall–Kier alpha value is -1.41. The molecule has 0 amide bonds. The summed E-state index contributed by atoms with van der Waals surface area (Å²) < 4.78 is 0. The van der Waals surface area contributed by atoms with Gasteiger partial charge in [0.1, 0.15) is 5.75 Å². The molecule has 0 fully saturated rings. The monoisotopic (exact) mass is 214 g/mol. The van der Waals surface area contributed by atoms with E-state index in [1.165, 1.54) is 16.0 Å². The SMILES string of the molecule is Oc1cccc2c1Sc1ccccc1C2. The van der Waals surface area contributed by atoms with Crippen LogP contribution in [0.4, 0.5) is 0 Å². The second-order valence-electron chi connectivity index (χ2n) is 3.65. The third-order valence-corrected chi connectivity index (χ3v) is 3.93. The number of aromatic hydroxyl groups is 1. The van der Waals surface area contributed by atoms with Gasteiger partial charge in [-0.3, -0.25) is 0 Å². The summed E-state index contributed by atoms with van der Waals surface area (Å²) in [6, 6.07) is 14.1. The van der Waals surface area contributed by atoms with Gasteiger partial charge in [0.25, 0.3) is 0 Å². The van der Waals surface area contributed by atoms with Gasteiger partial charge in [0.15, 0.2) is 0 Å². The van der Waals surface area contributed by atoms with Crippen molar-refractivity contribution in [3.05, 3.63) is 53.6 Å². The summed E-state index contributed by atoms with van der Waals surface area (Å²) >= 11 is 1.66. The van der Waals surface area contributed by atoms with Gasteiger partial charge < -0.3 is 5.11 Å². The lowest BCUT2D eigenvalue weighted by Gasteiger charge is -2.19. The van der Waals surface area contributed by atoms with Gasteiger partial charge in [0.2, 0.25) is 0 Å². The van der Waals surface area contributed by atoms with E-state index in [2.05, 4.69) is 24.3 Å². The molecule has 3 rings (SSSR count). The highest BCUT2D eigenvalue weighted by Crippen LogP contribution is 2.43. The average molecular weight is 214 g/mol. The van der Waals surface area contributed by atoms with Crippen LogP contribution in [-0.2, 0) is 6.42 Å². The summed E-state index contributed by atoms with van der Waals surface area (Å²) in [4.78, 5) is 2.27. The number of rotatable bonds is 0. The van der Waals surface area contributed by atoms with Crippen LogP contribution in [0.2, 0.25) is 0 Å². The Kier molecular flexibility index (Phi) is 1.96. The Balaban J connectivity index is 2.15. The molecule has 1 nitrogen and oxygen atoms in total. The minimum absolute atomic E-state index is 0.395. The van der Waals surface area contributed by atoms with Crippen molar-refractivity contribution in [2.45, 2.75) is 16.2 Å². The highest BCUT2D eigenvalue weighted by Gasteiger charge is 2.17. The fraction of sp³-hybridized carbons (Fsp3) is 0.0769. The van der Waals surface area contributed by atoms with Crippen LogP contribution in [-0.4, -0.2) is 5.11 Å². The molecular weight excluding hydrogens is 204 g/mol. The van der Waals surface area contributed by atoms with Crippen LogP contribution in [0.5, 0.6) is 5.75 Å². The van der Waals surface area contributed by atoms with Gasteiger partial charge in [0.05, 0.1) is 4.90 Å². The molecule has 0 saturated heterocycles. The predicted molar refractivity (Wildman–Crippen MR) is 61.5 cm³/mol. The molecular formula is C13H10OS.